The van der Waals surface area contributed by atoms with E-state index in [0.717, 1.165) is 24.4 Å². The average molecular weight is 287 g/mol. The second-order valence-corrected chi connectivity index (χ2v) is 5.80. The number of rotatable bonds is 3. The Bertz CT molecular complexity index is 610. The van der Waals surface area contributed by atoms with Crippen molar-refractivity contribution in [3.63, 3.8) is 0 Å². The number of aryl methyl sites for hydroxylation is 1. The molecule has 1 N–H and O–H groups in total. The Balaban J connectivity index is 2.07. The van der Waals surface area contributed by atoms with E-state index in [1.807, 2.05) is 25.4 Å². The summed E-state index contributed by atoms with van der Waals surface area (Å²) in [6.07, 6.45) is 5.41. The number of hydrogen-bond donors (Lipinski definition) is 1. The summed E-state index contributed by atoms with van der Waals surface area (Å²) in [5, 5.41) is 4.05. The fourth-order valence-corrected chi connectivity index (χ4v) is 3.33. The lowest BCUT2D eigenvalue weighted by molar-refractivity contribution is 0.592. The highest BCUT2D eigenvalue weighted by molar-refractivity contribution is 6.30. The van der Waals surface area contributed by atoms with Crippen LogP contribution in [0.4, 0.5) is 0 Å². The molecule has 0 spiro atoms. The van der Waals surface area contributed by atoms with Gasteiger partial charge in [-0.2, -0.15) is 0 Å². The molecule has 3 heteroatoms. The van der Waals surface area contributed by atoms with Gasteiger partial charge in [0.2, 0.25) is 0 Å². The lowest BCUT2D eigenvalue weighted by Crippen LogP contribution is -2.16. The highest BCUT2D eigenvalue weighted by Gasteiger charge is 2.24. The molecule has 0 bridgehead atoms. The molecule has 0 radical (unpaired) electrons. The second kappa shape index (κ2) is 5.94. The number of aromatic nitrogens is 1. The first kappa shape index (κ1) is 13.6. The summed E-state index contributed by atoms with van der Waals surface area (Å²) in [4.78, 5) is 4.64. The maximum Gasteiger partial charge on any atom is 0.0510 e. The van der Waals surface area contributed by atoms with Crippen molar-refractivity contribution in [2.24, 2.45) is 0 Å². The highest BCUT2D eigenvalue weighted by Crippen LogP contribution is 2.37. The Morgan fingerprint density at radius 2 is 2.25 bits per heavy atom. The molecule has 0 saturated heterocycles. The average Bonchev–Trinajstić information content (AvgIpc) is 2.49. The topological polar surface area (TPSA) is 24.9 Å². The van der Waals surface area contributed by atoms with Crippen LogP contribution in [0, 0.1) is 0 Å². The largest absolute Gasteiger partial charge is 0.316 e. The molecule has 1 aromatic carbocycles. The first-order valence-corrected chi connectivity index (χ1v) is 7.54. The quantitative estimate of drug-likeness (QED) is 0.925. The van der Waals surface area contributed by atoms with Gasteiger partial charge >= 0.3 is 0 Å². The Kier molecular flexibility index (Phi) is 4.04. The minimum atomic E-state index is 0.377. The number of fused-ring (bicyclic) bond motifs is 1. The summed E-state index contributed by atoms with van der Waals surface area (Å²) in [6, 6.07) is 10.5. The van der Waals surface area contributed by atoms with E-state index in [9.17, 15) is 0 Å². The summed E-state index contributed by atoms with van der Waals surface area (Å²) in [5.41, 5.74) is 5.27. The van der Waals surface area contributed by atoms with Crippen molar-refractivity contribution in [2.45, 2.75) is 31.7 Å². The summed E-state index contributed by atoms with van der Waals surface area (Å²) in [6.45, 7) is 0.866. The van der Waals surface area contributed by atoms with Crippen molar-refractivity contribution in [3.8, 4) is 0 Å². The molecule has 1 unspecified atom stereocenters. The van der Waals surface area contributed by atoms with Crippen LogP contribution in [0.3, 0.4) is 0 Å². The van der Waals surface area contributed by atoms with Gasteiger partial charge in [-0.3, -0.25) is 4.98 Å². The Hall–Kier alpha value is -1.38. The third-order valence-electron chi connectivity index (χ3n) is 4.05. The van der Waals surface area contributed by atoms with Crippen LogP contribution < -0.4 is 5.32 Å². The van der Waals surface area contributed by atoms with Crippen LogP contribution >= 0.6 is 11.6 Å². The maximum absolute atomic E-state index is 6.22. The first-order valence-electron chi connectivity index (χ1n) is 7.16. The van der Waals surface area contributed by atoms with Crippen LogP contribution in [0.25, 0.3) is 0 Å². The number of nitrogens with zero attached hydrogens (tertiary/aromatic N) is 1. The van der Waals surface area contributed by atoms with E-state index >= 15 is 0 Å². The van der Waals surface area contributed by atoms with Crippen molar-refractivity contribution in [3.05, 3.63) is 63.9 Å². The van der Waals surface area contributed by atoms with Crippen molar-refractivity contribution in [1.82, 2.24) is 10.3 Å². The Morgan fingerprint density at radius 1 is 1.35 bits per heavy atom. The van der Waals surface area contributed by atoms with Gasteiger partial charge in [-0.15, -0.1) is 0 Å². The standard InChI is InChI=1S/C17H19ClN2/c1-19-11-13-7-8-14(18)10-16(13)15-6-2-4-12-5-3-9-20-17(12)15/h3,5,7-10,15,19H,2,4,6,11H2,1H3. The van der Waals surface area contributed by atoms with Crippen LogP contribution in [0.5, 0.6) is 0 Å². The monoisotopic (exact) mass is 286 g/mol. The van der Waals surface area contributed by atoms with Crippen LogP contribution in [0.2, 0.25) is 5.02 Å². The van der Waals surface area contributed by atoms with Gasteiger partial charge < -0.3 is 5.32 Å². The zero-order valence-corrected chi connectivity index (χ0v) is 12.5. The number of nitrogens with one attached hydrogen (secondary N) is 1. The molecule has 0 fully saturated rings. The molecule has 20 heavy (non-hydrogen) atoms. The lowest BCUT2D eigenvalue weighted by atomic mass is 9.80. The van der Waals surface area contributed by atoms with Gasteiger partial charge in [-0.25, -0.2) is 0 Å². The normalized spacial score (nSPS) is 17.8. The van der Waals surface area contributed by atoms with Crippen molar-refractivity contribution in [1.29, 1.82) is 0 Å². The predicted octanol–water partition coefficient (Wildman–Crippen LogP) is 3.92. The summed E-state index contributed by atoms with van der Waals surface area (Å²) < 4.78 is 0. The van der Waals surface area contributed by atoms with Gasteiger partial charge in [0.25, 0.3) is 0 Å². The molecule has 3 rings (SSSR count). The van der Waals surface area contributed by atoms with Gasteiger partial charge in [0, 0.05) is 23.7 Å². The molecule has 0 saturated carbocycles. The summed E-state index contributed by atoms with van der Waals surface area (Å²) >= 11 is 6.22. The molecular formula is C17H19ClN2. The van der Waals surface area contributed by atoms with Crippen LogP contribution in [-0.2, 0) is 13.0 Å². The molecule has 104 valence electrons. The molecule has 2 nitrogen and oxygen atoms in total. The SMILES string of the molecule is CNCc1ccc(Cl)cc1C1CCCc2cccnc21. The van der Waals surface area contributed by atoms with E-state index in [1.54, 1.807) is 0 Å². The number of benzene rings is 1. The Morgan fingerprint density at radius 3 is 3.10 bits per heavy atom. The molecule has 1 atom stereocenters. The molecule has 2 aromatic rings. The Labute approximate surface area is 125 Å². The molecule has 0 aliphatic heterocycles. The summed E-state index contributed by atoms with van der Waals surface area (Å²) in [7, 11) is 1.98. The van der Waals surface area contributed by atoms with Crippen molar-refractivity contribution >= 4 is 11.6 Å². The molecule has 1 aliphatic rings. The van der Waals surface area contributed by atoms with Crippen molar-refractivity contribution < 1.29 is 0 Å². The van der Waals surface area contributed by atoms with Gasteiger partial charge in [-0.05, 0) is 61.2 Å². The minimum absolute atomic E-state index is 0.377. The maximum atomic E-state index is 6.22. The van der Waals surface area contributed by atoms with E-state index in [-0.39, 0.29) is 0 Å². The fourth-order valence-electron chi connectivity index (χ4n) is 3.15. The highest BCUT2D eigenvalue weighted by atomic mass is 35.5. The van der Waals surface area contributed by atoms with E-state index in [0.29, 0.717) is 5.92 Å². The van der Waals surface area contributed by atoms with Gasteiger partial charge in [0.15, 0.2) is 0 Å². The van der Waals surface area contributed by atoms with E-state index in [2.05, 4.69) is 28.5 Å². The molecule has 1 aliphatic carbocycles. The van der Waals surface area contributed by atoms with Crippen LogP contribution in [-0.4, -0.2) is 12.0 Å². The summed E-state index contributed by atoms with van der Waals surface area (Å²) in [5.74, 6) is 0.377. The van der Waals surface area contributed by atoms with Crippen LogP contribution in [0.15, 0.2) is 36.5 Å². The predicted molar refractivity (Wildman–Crippen MR) is 83.2 cm³/mol. The number of hydrogen-bond acceptors (Lipinski definition) is 2. The second-order valence-electron chi connectivity index (χ2n) is 5.37. The smallest absolute Gasteiger partial charge is 0.0510 e. The fraction of sp³-hybridized carbons (Fsp3) is 0.353. The van der Waals surface area contributed by atoms with Crippen molar-refractivity contribution in [2.75, 3.05) is 7.05 Å². The molecule has 1 aromatic heterocycles. The molecule has 1 heterocycles. The third-order valence-corrected chi connectivity index (χ3v) is 4.28. The van der Waals surface area contributed by atoms with E-state index in [4.69, 9.17) is 11.6 Å². The zero-order chi connectivity index (χ0) is 13.9. The minimum Gasteiger partial charge on any atom is -0.316 e. The van der Waals surface area contributed by atoms with Gasteiger partial charge in [0.1, 0.15) is 0 Å². The zero-order valence-electron chi connectivity index (χ0n) is 11.7. The molecular weight excluding hydrogens is 268 g/mol. The van der Waals surface area contributed by atoms with Gasteiger partial charge in [-0.1, -0.05) is 23.7 Å². The number of pyridine rings is 1. The molecule has 0 amide bonds. The number of halogens is 1. The third kappa shape index (κ3) is 2.58. The van der Waals surface area contributed by atoms with Gasteiger partial charge in [0.05, 0.1) is 5.69 Å². The van der Waals surface area contributed by atoms with E-state index < -0.39 is 0 Å². The van der Waals surface area contributed by atoms with E-state index in [1.165, 1.54) is 28.8 Å². The first-order chi connectivity index (χ1) is 9.79. The lowest BCUT2D eigenvalue weighted by Gasteiger charge is -2.26. The van der Waals surface area contributed by atoms with Crippen LogP contribution in [0.1, 0.15) is 41.1 Å².